The molecule has 18 heavy (non-hydrogen) atoms. The molecule has 1 aliphatic carbocycles. The summed E-state index contributed by atoms with van der Waals surface area (Å²) >= 11 is 0. The van der Waals surface area contributed by atoms with Crippen molar-refractivity contribution in [3.8, 4) is 0 Å². The number of aliphatic hydroxyl groups is 2. The van der Waals surface area contributed by atoms with Crippen LogP contribution in [0.15, 0.2) is 23.9 Å². The van der Waals surface area contributed by atoms with Crippen LogP contribution in [0.4, 0.5) is 0 Å². The van der Waals surface area contributed by atoms with E-state index in [4.69, 9.17) is 10.2 Å². The Hall–Kier alpha value is -0.0961. The Morgan fingerprint density at radius 2 is 1.94 bits per heavy atom. The van der Waals surface area contributed by atoms with Crippen LogP contribution in [0.5, 0.6) is 0 Å². The molecule has 0 aromatic carbocycles. The van der Waals surface area contributed by atoms with Gasteiger partial charge in [-0.15, -0.1) is 0 Å². The number of nitrogens with zero attached hydrogens (tertiary/aromatic N) is 1. The summed E-state index contributed by atoms with van der Waals surface area (Å²) in [6.45, 7) is 1.39. The molecule has 0 heterocycles. The van der Waals surface area contributed by atoms with Crippen LogP contribution in [0.1, 0.15) is 39.0 Å². The fourth-order valence-corrected chi connectivity index (χ4v) is 1.52. The molecular weight excluding hydrogens is 311 g/mol. The molecule has 1 fully saturated rings. The maximum Gasteiger partial charge on any atom is 0.264 e. The zero-order chi connectivity index (χ0) is 13.1. The van der Waals surface area contributed by atoms with Crippen LogP contribution >= 0.6 is 0 Å². The summed E-state index contributed by atoms with van der Waals surface area (Å²) in [5.41, 5.74) is -0.00551. The molecular formula is C12H21NO4Y. The van der Waals surface area contributed by atoms with Crippen molar-refractivity contribution in [1.29, 1.82) is 0 Å². The fourth-order valence-electron chi connectivity index (χ4n) is 1.52. The minimum atomic E-state index is -0.508. The summed E-state index contributed by atoms with van der Waals surface area (Å²) in [4.78, 5) is 9.53. The average Bonchev–Trinajstić information content (AvgIpc) is 2.31. The maximum absolute atomic E-state index is 10.0. The number of nitro groups is 1. The average molecular weight is 332 g/mol. The minimum Gasteiger partial charge on any atom is -0.393 e. The van der Waals surface area contributed by atoms with Crippen molar-refractivity contribution >= 4 is 0 Å². The summed E-state index contributed by atoms with van der Waals surface area (Å²) < 4.78 is 0. The second-order valence-corrected chi connectivity index (χ2v) is 3.85. The molecule has 0 aromatic heterocycles. The second kappa shape index (κ2) is 13.3. The third kappa shape index (κ3) is 11.0. The van der Waals surface area contributed by atoms with Gasteiger partial charge in [0.25, 0.3) is 5.70 Å². The van der Waals surface area contributed by atoms with Crippen LogP contribution in [-0.2, 0) is 32.7 Å². The molecule has 0 unspecified atom stereocenters. The number of allylic oxidation sites excluding steroid dienone is 2. The predicted octanol–water partition coefficient (Wildman–Crippen LogP) is 2.02. The van der Waals surface area contributed by atoms with E-state index in [1.807, 2.05) is 0 Å². The van der Waals surface area contributed by atoms with Crippen LogP contribution < -0.4 is 0 Å². The zero-order valence-corrected chi connectivity index (χ0v) is 13.6. The number of hydrogen-bond acceptors (Lipinski definition) is 4. The molecule has 101 valence electrons. The summed E-state index contributed by atoms with van der Waals surface area (Å²) in [6.07, 6.45) is 9.87. The van der Waals surface area contributed by atoms with E-state index >= 15 is 0 Å². The van der Waals surface area contributed by atoms with Crippen molar-refractivity contribution in [1.82, 2.24) is 0 Å². The Balaban J connectivity index is 0. The van der Waals surface area contributed by atoms with Gasteiger partial charge >= 0.3 is 0 Å². The molecule has 1 radical (unpaired) electrons. The smallest absolute Gasteiger partial charge is 0.264 e. The Morgan fingerprint density at radius 3 is 2.22 bits per heavy atom. The third-order valence-electron chi connectivity index (χ3n) is 2.48. The van der Waals surface area contributed by atoms with Gasteiger partial charge in [0.15, 0.2) is 0 Å². The topological polar surface area (TPSA) is 83.6 Å². The first-order valence-electron chi connectivity index (χ1n) is 5.88. The van der Waals surface area contributed by atoms with Gasteiger partial charge in [-0.1, -0.05) is 25.3 Å². The van der Waals surface area contributed by atoms with Gasteiger partial charge in [-0.05, 0) is 25.8 Å². The molecule has 5 nitrogen and oxygen atoms in total. The normalized spacial score (nSPS) is 16.7. The van der Waals surface area contributed by atoms with E-state index in [0.717, 1.165) is 12.8 Å². The van der Waals surface area contributed by atoms with Gasteiger partial charge in [-0.25, -0.2) is 0 Å². The predicted molar refractivity (Wildman–Crippen MR) is 66.1 cm³/mol. The Labute approximate surface area is 133 Å². The molecule has 0 saturated heterocycles. The van der Waals surface area contributed by atoms with Gasteiger partial charge in [0, 0.05) is 38.8 Å². The number of hydrogen-bond donors (Lipinski definition) is 2. The van der Waals surface area contributed by atoms with Crippen LogP contribution in [0.2, 0.25) is 0 Å². The maximum atomic E-state index is 10.0. The SMILES string of the molecule is C/C=C(\C=C/CO)[N+](=O)[O-].OC1CCCCC1.[Y]. The van der Waals surface area contributed by atoms with Crippen LogP contribution in [0, 0.1) is 10.1 Å². The van der Waals surface area contributed by atoms with Gasteiger partial charge in [0.1, 0.15) is 0 Å². The second-order valence-electron chi connectivity index (χ2n) is 3.85. The molecule has 0 aromatic rings. The van der Waals surface area contributed by atoms with Crippen molar-refractivity contribution in [2.45, 2.75) is 45.1 Å². The summed E-state index contributed by atoms with van der Waals surface area (Å²) in [5, 5.41) is 27.2. The quantitative estimate of drug-likeness (QED) is 0.470. The molecule has 0 amide bonds. The van der Waals surface area contributed by atoms with Crippen LogP contribution in [0.3, 0.4) is 0 Å². The van der Waals surface area contributed by atoms with Crippen LogP contribution in [0.25, 0.3) is 0 Å². The van der Waals surface area contributed by atoms with Crippen molar-refractivity contribution in [2.24, 2.45) is 0 Å². The molecule has 1 rings (SSSR count). The van der Waals surface area contributed by atoms with E-state index in [0.29, 0.717) is 0 Å². The molecule has 0 bridgehead atoms. The van der Waals surface area contributed by atoms with Crippen molar-refractivity contribution in [3.05, 3.63) is 34.0 Å². The van der Waals surface area contributed by atoms with E-state index in [9.17, 15) is 10.1 Å². The van der Waals surface area contributed by atoms with E-state index in [1.54, 1.807) is 6.92 Å². The van der Waals surface area contributed by atoms with E-state index in [2.05, 4.69) is 0 Å². The Morgan fingerprint density at radius 1 is 1.39 bits per heavy atom. The first kappa shape index (κ1) is 20.2. The summed E-state index contributed by atoms with van der Waals surface area (Å²) in [6, 6.07) is 0. The fraction of sp³-hybridized carbons (Fsp3) is 0.667. The van der Waals surface area contributed by atoms with E-state index in [-0.39, 0.29) is 51.1 Å². The van der Waals surface area contributed by atoms with Crippen LogP contribution in [-0.4, -0.2) is 27.8 Å². The molecule has 1 saturated carbocycles. The zero-order valence-electron chi connectivity index (χ0n) is 10.8. The molecule has 0 atom stereocenters. The van der Waals surface area contributed by atoms with Crippen molar-refractivity contribution in [3.63, 3.8) is 0 Å². The van der Waals surface area contributed by atoms with Gasteiger partial charge in [-0.3, -0.25) is 10.1 Å². The Bertz CT molecular complexity index is 273. The molecule has 1 aliphatic rings. The minimum absolute atomic E-state index is 0. The monoisotopic (exact) mass is 332 g/mol. The van der Waals surface area contributed by atoms with Gasteiger partial charge in [0.2, 0.25) is 0 Å². The van der Waals surface area contributed by atoms with Gasteiger partial charge in [-0.2, -0.15) is 0 Å². The van der Waals surface area contributed by atoms with Gasteiger partial charge < -0.3 is 10.2 Å². The molecule has 6 heteroatoms. The number of rotatable bonds is 3. The van der Waals surface area contributed by atoms with E-state index in [1.165, 1.54) is 37.5 Å². The van der Waals surface area contributed by atoms with Gasteiger partial charge in [0.05, 0.1) is 17.6 Å². The standard InChI is InChI=1S/C6H9NO3.C6H12O.Y/c1-2-6(7(9)10)4-3-5-8;7-6-4-2-1-3-5-6;/h2-4,8H,5H2,1H3;6-7H,1-5H2;/b4-3-,6-2+;;. The molecule has 2 N–H and O–H groups in total. The summed E-state index contributed by atoms with van der Waals surface area (Å²) in [7, 11) is 0. The first-order chi connectivity index (χ1) is 8.11. The molecule has 0 aliphatic heterocycles. The largest absolute Gasteiger partial charge is 0.393 e. The Kier molecular flexibility index (Phi) is 15.0. The summed E-state index contributed by atoms with van der Waals surface area (Å²) in [5.74, 6) is 0. The third-order valence-corrected chi connectivity index (χ3v) is 2.48. The van der Waals surface area contributed by atoms with E-state index < -0.39 is 4.92 Å². The first-order valence-corrected chi connectivity index (χ1v) is 5.88. The van der Waals surface area contributed by atoms with Crippen molar-refractivity contribution in [2.75, 3.05) is 6.61 Å². The number of aliphatic hydroxyl groups excluding tert-OH is 2. The van der Waals surface area contributed by atoms with Crippen molar-refractivity contribution < 1.29 is 47.8 Å². The molecule has 0 spiro atoms.